The Hall–Kier alpha value is -5.54. The van der Waals surface area contributed by atoms with Gasteiger partial charge >= 0.3 is 0 Å². The van der Waals surface area contributed by atoms with Gasteiger partial charge in [0.25, 0.3) is 0 Å². The van der Waals surface area contributed by atoms with Gasteiger partial charge in [-0.3, -0.25) is 9.38 Å². The van der Waals surface area contributed by atoms with Crippen LogP contribution in [0.3, 0.4) is 0 Å². The molecule has 0 aliphatic carbocycles. The van der Waals surface area contributed by atoms with Crippen molar-refractivity contribution in [3.8, 4) is 22.3 Å². The summed E-state index contributed by atoms with van der Waals surface area (Å²) in [5.41, 5.74) is 10.0. The van der Waals surface area contributed by atoms with Crippen molar-refractivity contribution in [1.82, 2.24) is 14.4 Å². The number of hydrogen-bond acceptors (Lipinski definition) is 2. The Balaban J connectivity index is 1.29. The summed E-state index contributed by atoms with van der Waals surface area (Å²) < 4.78 is 2.31. The van der Waals surface area contributed by atoms with Crippen LogP contribution in [0.1, 0.15) is 0 Å². The minimum atomic E-state index is 0.946. The smallest absolute Gasteiger partial charge is 0.148 e. The molecular weight excluding hydrogens is 498 g/mol. The molecule has 0 saturated carbocycles. The maximum atomic E-state index is 5.14. The van der Waals surface area contributed by atoms with Gasteiger partial charge in [-0.05, 0) is 62.7 Å². The van der Waals surface area contributed by atoms with Gasteiger partial charge in [-0.15, -0.1) is 0 Å². The molecule has 0 amide bonds. The molecule has 0 saturated heterocycles. The van der Waals surface area contributed by atoms with Crippen LogP contribution in [0.5, 0.6) is 0 Å². The van der Waals surface area contributed by atoms with Gasteiger partial charge in [-0.25, -0.2) is 4.98 Å². The summed E-state index contributed by atoms with van der Waals surface area (Å²) in [7, 11) is 0. The number of pyridine rings is 2. The van der Waals surface area contributed by atoms with Crippen LogP contribution >= 0.6 is 0 Å². The monoisotopic (exact) mass is 521 g/mol. The van der Waals surface area contributed by atoms with Crippen LogP contribution in [0.25, 0.3) is 82.3 Å². The number of fused-ring (bicyclic) bond motifs is 11. The number of benzene rings is 6. The van der Waals surface area contributed by atoms with E-state index in [-0.39, 0.29) is 0 Å². The fourth-order valence-corrected chi connectivity index (χ4v) is 6.48. The molecule has 0 spiro atoms. The van der Waals surface area contributed by atoms with Crippen LogP contribution in [-0.4, -0.2) is 14.4 Å². The summed E-state index contributed by atoms with van der Waals surface area (Å²) in [5.74, 6) is 0. The zero-order chi connectivity index (χ0) is 26.9. The molecule has 3 nitrogen and oxygen atoms in total. The van der Waals surface area contributed by atoms with Crippen molar-refractivity contribution in [2.24, 2.45) is 0 Å². The minimum absolute atomic E-state index is 0.946. The molecule has 0 aliphatic heterocycles. The van der Waals surface area contributed by atoms with Crippen molar-refractivity contribution in [2.75, 3.05) is 0 Å². The molecule has 0 aliphatic rings. The van der Waals surface area contributed by atoms with Crippen LogP contribution < -0.4 is 0 Å². The van der Waals surface area contributed by atoms with Gasteiger partial charge in [0.2, 0.25) is 0 Å². The molecule has 190 valence electrons. The molecule has 0 N–H and O–H groups in total. The Morgan fingerprint density at radius 2 is 1.24 bits per heavy atom. The molecule has 0 bridgehead atoms. The van der Waals surface area contributed by atoms with E-state index in [2.05, 4.69) is 132 Å². The standard InChI is InChI=1S/C38H23N3/c1-2-10-29-25(7-1)8-5-11-30(29)26-16-14-24(15-17-26)28-19-20-31-32-21-18-27-9-6-22-39-37(27)36(32)38-40-33-12-3-4-13-34(33)41(38)35(31)23-28/h1-23H. The van der Waals surface area contributed by atoms with Crippen LogP contribution in [0, 0.1) is 0 Å². The molecule has 9 aromatic rings. The van der Waals surface area contributed by atoms with Crippen LogP contribution in [0.4, 0.5) is 0 Å². The van der Waals surface area contributed by atoms with E-state index in [1.54, 1.807) is 0 Å². The lowest BCUT2D eigenvalue weighted by Gasteiger charge is -2.13. The fourth-order valence-electron chi connectivity index (χ4n) is 6.48. The van der Waals surface area contributed by atoms with Crippen LogP contribution in [0.15, 0.2) is 140 Å². The van der Waals surface area contributed by atoms with Crippen molar-refractivity contribution >= 4 is 60.0 Å². The van der Waals surface area contributed by atoms with Gasteiger partial charge in [0.05, 0.1) is 27.5 Å². The highest BCUT2D eigenvalue weighted by molar-refractivity contribution is 6.22. The third kappa shape index (κ3) is 3.26. The van der Waals surface area contributed by atoms with Crippen LogP contribution in [0.2, 0.25) is 0 Å². The number of para-hydroxylation sites is 2. The third-order valence-corrected chi connectivity index (χ3v) is 8.41. The van der Waals surface area contributed by atoms with E-state index in [0.29, 0.717) is 0 Å². The van der Waals surface area contributed by atoms with Crippen molar-refractivity contribution < 1.29 is 0 Å². The molecule has 0 fully saturated rings. The lowest BCUT2D eigenvalue weighted by molar-refractivity contribution is 1.31. The fraction of sp³-hybridized carbons (Fsp3) is 0. The zero-order valence-electron chi connectivity index (χ0n) is 22.1. The quantitative estimate of drug-likeness (QED) is 0.212. The molecule has 3 aromatic heterocycles. The normalized spacial score (nSPS) is 11.9. The second-order valence-corrected chi connectivity index (χ2v) is 10.7. The predicted octanol–water partition coefficient (Wildman–Crippen LogP) is 9.83. The predicted molar refractivity (Wildman–Crippen MR) is 171 cm³/mol. The largest absolute Gasteiger partial charge is 0.292 e. The molecule has 0 atom stereocenters. The SMILES string of the molecule is c1ccc2c(-c3ccc(-c4ccc5c6ccc7cccnc7c6c6nc7ccccc7n6c5c4)cc3)cccc2c1. The van der Waals surface area contributed by atoms with E-state index in [9.17, 15) is 0 Å². The van der Waals surface area contributed by atoms with Gasteiger partial charge < -0.3 is 0 Å². The van der Waals surface area contributed by atoms with Gasteiger partial charge in [-0.2, -0.15) is 0 Å². The number of rotatable bonds is 2. The maximum Gasteiger partial charge on any atom is 0.148 e. The summed E-state index contributed by atoms with van der Waals surface area (Å²) in [4.78, 5) is 9.94. The average molecular weight is 522 g/mol. The van der Waals surface area contributed by atoms with Gasteiger partial charge in [0, 0.05) is 17.0 Å². The molecular formula is C38H23N3. The highest BCUT2D eigenvalue weighted by Crippen LogP contribution is 2.38. The van der Waals surface area contributed by atoms with E-state index in [1.165, 1.54) is 43.8 Å². The lowest BCUT2D eigenvalue weighted by atomic mass is 9.95. The molecule has 0 radical (unpaired) electrons. The minimum Gasteiger partial charge on any atom is -0.292 e. The molecule has 41 heavy (non-hydrogen) atoms. The summed E-state index contributed by atoms with van der Waals surface area (Å²) >= 11 is 0. The summed E-state index contributed by atoms with van der Waals surface area (Å²) in [6, 6.07) is 47.7. The van der Waals surface area contributed by atoms with Crippen molar-refractivity contribution in [2.45, 2.75) is 0 Å². The first-order valence-corrected chi connectivity index (χ1v) is 13.9. The molecule has 0 unspecified atom stereocenters. The Kier molecular flexibility index (Phi) is 4.61. The third-order valence-electron chi connectivity index (χ3n) is 8.41. The molecule has 3 heteroatoms. The lowest BCUT2D eigenvalue weighted by Crippen LogP contribution is -1.94. The second-order valence-electron chi connectivity index (χ2n) is 10.7. The Morgan fingerprint density at radius 3 is 2.20 bits per heavy atom. The van der Waals surface area contributed by atoms with Gasteiger partial charge in [0.15, 0.2) is 0 Å². The zero-order valence-corrected chi connectivity index (χ0v) is 22.1. The Labute approximate surface area is 236 Å². The average Bonchev–Trinajstić information content (AvgIpc) is 3.44. The van der Waals surface area contributed by atoms with Gasteiger partial charge in [0.1, 0.15) is 5.65 Å². The van der Waals surface area contributed by atoms with E-state index < -0.39 is 0 Å². The number of hydrogen-bond donors (Lipinski definition) is 0. The first-order valence-electron chi connectivity index (χ1n) is 13.9. The van der Waals surface area contributed by atoms with E-state index in [0.717, 1.165) is 38.5 Å². The summed E-state index contributed by atoms with van der Waals surface area (Å²) in [6.07, 6.45) is 1.87. The van der Waals surface area contributed by atoms with E-state index in [1.807, 2.05) is 12.3 Å². The molecule has 3 heterocycles. The maximum absolute atomic E-state index is 5.14. The first-order chi connectivity index (χ1) is 20.3. The number of nitrogens with zero attached hydrogens (tertiary/aromatic N) is 3. The Morgan fingerprint density at radius 1 is 0.488 bits per heavy atom. The number of imidazole rings is 1. The number of aromatic nitrogens is 3. The summed E-state index contributed by atoms with van der Waals surface area (Å²) in [6.45, 7) is 0. The topological polar surface area (TPSA) is 30.2 Å². The Bertz CT molecular complexity index is 2460. The van der Waals surface area contributed by atoms with Crippen molar-refractivity contribution in [3.63, 3.8) is 0 Å². The molecule has 6 aromatic carbocycles. The molecule has 9 rings (SSSR count). The highest BCUT2D eigenvalue weighted by atomic mass is 15.0. The van der Waals surface area contributed by atoms with Crippen molar-refractivity contribution in [1.29, 1.82) is 0 Å². The van der Waals surface area contributed by atoms with Crippen LogP contribution in [-0.2, 0) is 0 Å². The van der Waals surface area contributed by atoms with E-state index >= 15 is 0 Å². The first kappa shape index (κ1) is 22.3. The van der Waals surface area contributed by atoms with Crippen molar-refractivity contribution in [3.05, 3.63) is 140 Å². The highest BCUT2D eigenvalue weighted by Gasteiger charge is 2.17. The summed E-state index contributed by atoms with van der Waals surface area (Å²) in [5, 5.41) is 7.12. The van der Waals surface area contributed by atoms with Gasteiger partial charge in [-0.1, -0.05) is 109 Å². The van der Waals surface area contributed by atoms with E-state index in [4.69, 9.17) is 9.97 Å². The second kappa shape index (κ2) is 8.48.